The van der Waals surface area contributed by atoms with Crippen LogP contribution in [-0.2, 0) is 28.9 Å². The smallest absolute Gasteiger partial charge is 0.350 e. The number of carbonyl (C=O) groups excluding carboxylic acids is 2. The van der Waals surface area contributed by atoms with Gasteiger partial charge >= 0.3 is 5.97 Å². The standard InChI is InChI=1S/C10H11NO5S2/c1-4-16-6-7-5(11(2)9(6)12)8(10(13)15-3)18(14)17-7/h4H2,1-3H3. The summed E-state index contributed by atoms with van der Waals surface area (Å²) in [5.41, 5.74) is 0.332. The first kappa shape index (κ1) is 13.2. The second kappa shape index (κ2) is 4.77. The van der Waals surface area contributed by atoms with Crippen LogP contribution in [0.2, 0.25) is 0 Å². The minimum Gasteiger partial charge on any atom is -0.487 e. The average molecular weight is 289 g/mol. The molecule has 0 spiro atoms. The molecule has 0 radical (unpaired) electrons. The van der Waals surface area contributed by atoms with Crippen molar-refractivity contribution in [3.8, 4) is 0 Å². The van der Waals surface area contributed by atoms with Crippen LogP contribution in [-0.4, -0.2) is 41.7 Å². The monoisotopic (exact) mass is 289 g/mol. The molecule has 0 aliphatic carbocycles. The summed E-state index contributed by atoms with van der Waals surface area (Å²) in [7, 11) is 2.08. The number of fused-ring (bicyclic) bond motifs is 1. The van der Waals surface area contributed by atoms with E-state index in [4.69, 9.17) is 4.74 Å². The Morgan fingerprint density at radius 2 is 2.17 bits per heavy atom. The van der Waals surface area contributed by atoms with E-state index in [1.54, 1.807) is 6.92 Å². The van der Waals surface area contributed by atoms with Crippen molar-refractivity contribution < 1.29 is 23.3 Å². The van der Waals surface area contributed by atoms with Crippen LogP contribution in [0.4, 0.5) is 0 Å². The van der Waals surface area contributed by atoms with Crippen LogP contribution >= 0.6 is 10.8 Å². The molecule has 1 amide bonds. The summed E-state index contributed by atoms with van der Waals surface area (Å²) in [4.78, 5) is 25.2. The van der Waals surface area contributed by atoms with Crippen molar-refractivity contribution in [2.24, 2.45) is 0 Å². The van der Waals surface area contributed by atoms with E-state index in [0.717, 1.165) is 10.8 Å². The molecular formula is C10H11NO5S2. The van der Waals surface area contributed by atoms with Gasteiger partial charge < -0.3 is 14.4 Å². The second-order valence-electron chi connectivity index (χ2n) is 3.44. The van der Waals surface area contributed by atoms with E-state index in [0.29, 0.717) is 17.2 Å². The summed E-state index contributed by atoms with van der Waals surface area (Å²) >= 11 is 0. The lowest BCUT2D eigenvalue weighted by molar-refractivity contribution is -0.135. The first-order valence-electron chi connectivity index (χ1n) is 5.11. The number of methoxy groups -OCH3 is 1. The first-order chi connectivity index (χ1) is 8.52. The van der Waals surface area contributed by atoms with Gasteiger partial charge in [-0.1, -0.05) is 0 Å². The topological polar surface area (TPSA) is 72.9 Å². The molecule has 0 saturated heterocycles. The second-order valence-corrected chi connectivity index (χ2v) is 6.30. The van der Waals surface area contributed by atoms with Gasteiger partial charge in [0.1, 0.15) is 9.83 Å². The number of amides is 1. The van der Waals surface area contributed by atoms with Crippen molar-refractivity contribution in [3.63, 3.8) is 0 Å². The lowest BCUT2D eigenvalue weighted by Gasteiger charge is -2.11. The number of esters is 1. The first-order valence-corrected chi connectivity index (χ1v) is 7.59. The summed E-state index contributed by atoms with van der Waals surface area (Å²) < 4.78 is 21.7. The van der Waals surface area contributed by atoms with E-state index in [2.05, 4.69) is 4.74 Å². The molecule has 2 aliphatic heterocycles. The Bertz CT molecular complexity index is 522. The van der Waals surface area contributed by atoms with Crippen LogP contribution in [0, 0.1) is 0 Å². The van der Waals surface area contributed by atoms with Crippen LogP contribution < -0.4 is 0 Å². The molecule has 2 aliphatic rings. The summed E-state index contributed by atoms with van der Waals surface area (Å²) in [6, 6.07) is 0. The van der Waals surface area contributed by atoms with Crippen molar-refractivity contribution in [2.75, 3.05) is 20.8 Å². The highest BCUT2D eigenvalue weighted by atomic mass is 33.1. The van der Waals surface area contributed by atoms with Crippen molar-refractivity contribution in [2.45, 2.75) is 6.92 Å². The molecule has 0 fully saturated rings. The van der Waals surface area contributed by atoms with Gasteiger partial charge in [-0.15, -0.1) is 0 Å². The van der Waals surface area contributed by atoms with E-state index < -0.39 is 15.8 Å². The number of ether oxygens (including phenoxy) is 2. The lowest BCUT2D eigenvalue weighted by atomic mass is 10.3. The Balaban J connectivity index is 2.57. The van der Waals surface area contributed by atoms with Gasteiger partial charge in [0.2, 0.25) is 5.76 Å². The van der Waals surface area contributed by atoms with Crippen LogP contribution in [0.3, 0.4) is 0 Å². The predicted molar refractivity (Wildman–Crippen MR) is 66.2 cm³/mol. The number of hydrogen-bond donors (Lipinski definition) is 0. The molecule has 2 rings (SSSR count). The molecule has 0 N–H and O–H groups in total. The Hall–Kier alpha value is -1.28. The van der Waals surface area contributed by atoms with Crippen LogP contribution in [0.1, 0.15) is 6.92 Å². The van der Waals surface area contributed by atoms with Gasteiger partial charge in [0.15, 0.2) is 4.91 Å². The van der Waals surface area contributed by atoms with E-state index in [-0.39, 0.29) is 16.6 Å². The minimum absolute atomic E-state index is 0.00283. The maximum atomic E-state index is 11.9. The summed E-state index contributed by atoms with van der Waals surface area (Å²) in [5, 5.41) is 0. The highest BCUT2D eigenvalue weighted by Gasteiger charge is 2.46. The zero-order valence-electron chi connectivity index (χ0n) is 10.0. The number of carbonyl (C=O) groups is 2. The molecule has 1 atom stereocenters. The van der Waals surface area contributed by atoms with Gasteiger partial charge in [-0.05, 0) is 17.7 Å². The molecule has 6 nitrogen and oxygen atoms in total. The third kappa shape index (κ3) is 1.76. The van der Waals surface area contributed by atoms with Crippen molar-refractivity contribution in [1.29, 1.82) is 0 Å². The van der Waals surface area contributed by atoms with Crippen molar-refractivity contribution in [3.05, 3.63) is 21.3 Å². The van der Waals surface area contributed by atoms with Crippen LogP contribution in [0.15, 0.2) is 21.3 Å². The molecule has 1 unspecified atom stereocenters. The fourth-order valence-electron chi connectivity index (χ4n) is 1.67. The molecule has 0 aromatic carbocycles. The van der Waals surface area contributed by atoms with E-state index in [9.17, 15) is 13.8 Å². The zero-order valence-corrected chi connectivity index (χ0v) is 11.6. The summed E-state index contributed by atoms with van der Waals surface area (Å²) in [6.45, 7) is 2.08. The van der Waals surface area contributed by atoms with Gasteiger partial charge in [-0.25, -0.2) is 9.00 Å². The minimum atomic E-state index is -1.57. The lowest BCUT2D eigenvalue weighted by Crippen LogP contribution is -2.24. The SMILES string of the molecule is CCOC1=C2SS(=O)C(C(=O)OC)=C2N(C)C1=O. The molecule has 0 aromatic heterocycles. The fourth-order valence-corrected chi connectivity index (χ4v) is 4.73. The Kier molecular flexibility index (Phi) is 3.49. The normalized spacial score (nSPS) is 22.7. The number of nitrogens with zero attached hydrogens (tertiary/aromatic N) is 1. The van der Waals surface area contributed by atoms with E-state index >= 15 is 0 Å². The zero-order chi connectivity index (χ0) is 13.4. The quantitative estimate of drug-likeness (QED) is 0.556. The number of hydrogen-bond acceptors (Lipinski definition) is 6. The third-order valence-corrected chi connectivity index (χ3v) is 5.30. The Morgan fingerprint density at radius 3 is 2.72 bits per heavy atom. The molecular weight excluding hydrogens is 278 g/mol. The molecule has 0 bridgehead atoms. The third-order valence-electron chi connectivity index (χ3n) is 2.46. The highest BCUT2D eigenvalue weighted by molar-refractivity contribution is 8.73. The molecule has 8 heteroatoms. The van der Waals surface area contributed by atoms with Crippen molar-refractivity contribution >= 4 is 32.5 Å². The molecule has 18 heavy (non-hydrogen) atoms. The number of rotatable bonds is 3. The van der Waals surface area contributed by atoms with Gasteiger partial charge in [0.25, 0.3) is 5.91 Å². The van der Waals surface area contributed by atoms with Crippen LogP contribution in [0.25, 0.3) is 0 Å². The van der Waals surface area contributed by atoms with Gasteiger partial charge in [-0.3, -0.25) is 4.79 Å². The summed E-state index contributed by atoms with van der Waals surface area (Å²) in [5.74, 6) is -0.886. The molecule has 98 valence electrons. The maximum Gasteiger partial charge on any atom is 0.350 e. The molecule has 0 saturated carbocycles. The Morgan fingerprint density at radius 1 is 1.50 bits per heavy atom. The molecule has 0 aromatic rings. The van der Waals surface area contributed by atoms with Crippen molar-refractivity contribution in [1.82, 2.24) is 4.90 Å². The fraction of sp³-hybridized carbons (Fsp3) is 0.400. The molecule has 2 heterocycles. The highest BCUT2D eigenvalue weighted by Crippen LogP contribution is 2.48. The van der Waals surface area contributed by atoms with Gasteiger partial charge in [-0.2, -0.15) is 0 Å². The predicted octanol–water partition coefficient (Wildman–Crippen LogP) is 0.502. The number of likely N-dealkylation sites (N-methyl/N-ethyl adjacent to an activating group) is 1. The van der Waals surface area contributed by atoms with E-state index in [1.807, 2.05) is 0 Å². The van der Waals surface area contributed by atoms with Gasteiger partial charge in [0.05, 0.1) is 24.3 Å². The largest absolute Gasteiger partial charge is 0.487 e. The summed E-state index contributed by atoms with van der Waals surface area (Å²) in [6.07, 6.45) is 0. The average Bonchev–Trinajstić information content (AvgIpc) is 2.79. The van der Waals surface area contributed by atoms with E-state index in [1.165, 1.54) is 19.1 Å². The van der Waals surface area contributed by atoms with Crippen LogP contribution in [0.5, 0.6) is 0 Å². The van der Waals surface area contributed by atoms with Gasteiger partial charge in [0, 0.05) is 7.05 Å². The Labute approximate surface area is 110 Å². The maximum absolute atomic E-state index is 11.9.